The van der Waals surface area contributed by atoms with Gasteiger partial charge in [0.05, 0.1) is 6.04 Å². The van der Waals surface area contributed by atoms with E-state index >= 15 is 0 Å². The van der Waals surface area contributed by atoms with E-state index in [0.29, 0.717) is 6.42 Å². The van der Waals surface area contributed by atoms with Gasteiger partial charge in [0.15, 0.2) is 0 Å². The van der Waals surface area contributed by atoms with E-state index in [9.17, 15) is 4.79 Å². The molecule has 2 nitrogen and oxygen atoms in total. The average Bonchev–Trinajstić information content (AvgIpc) is 3.09. The van der Waals surface area contributed by atoms with Crippen LogP contribution in [0.1, 0.15) is 37.8 Å². The van der Waals surface area contributed by atoms with Crippen molar-refractivity contribution < 1.29 is 4.79 Å². The number of rotatable bonds is 5. The maximum atomic E-state index is 12.0. The summed E-state index contributed by atoms with van der Waals surface area (Å²) in [6.07, 6.45) is 2.87. The molecular formula is C14H18BrNOS. The van der Waals surface area contributed by atoms with Crippen LogP contribution in [0, 0.1) is 5.41 Å². The van der Waals surface area contributed by atoms with Crippen LogP contribution in [-0.2, 0) is 4.79 Å². The summed E-state index contributed by atoms with van der Waals surface area (Å²) < 4.78 is 1.04. The van der Waals surface area contributed by atoms with Gasteiger partial charge in [-0.15, -0.1) is 0 Å². The van der Waals surface area contributed by atoms with Crippen molar-refractivity contribution in [1.82, 2.24) is 5.32 Å². The van der Waals surface area contributed by atoms with E-state index in [0.717, 1.165) is 28.6 Å². The van der Waals surface area contributed by atoms with Crippen LogP contribution in [0.2, 0.25) is 0 Å². The first kappa shape index (κ1) is 13.9. The summed E-state index contributed by atoms with van der Waals surface area (Å²) in [5.74, 6) is 0.945. The average molecular weight is 328 g/mol. The quantitative estimate of drug-likeness (QED) is 0.793. The third-order valence-electron chi connectivity index (χ3n) is 3.55. The van der Waals surface area contributed by atoms with Crippen LogP contribution in [0.4, 0.5) is 0 Å². The Bertz CT molecular complexity index is 445. The third-order valence-corrected chi connectivity index (χ3v) is 4.72. The molecule has 0 saturated heterocycles. The van der Waals surface area contributed by atoms with Gasteiger partial charge in [-0.1, -0.05) is 28.1 Å². The number of carbonyl (C=O) groups excluding carboxylic acids is 1. The van der Waals surface area contributed by atoms with Crippen molar-refractivity contribution in [3.63, 3.8) is 0 Å². The number of carbonyl (C=O) groups is 1. The van der Waals surface area contributed by atoms with Crippen LogP contribution < -0.4 is 5.32 Å². The Morgan fingerprint density at radius 3 is 2.83 bits per heavy atom. The molecule has 1 aromatic rings. The fourth-order valence-corrected chi connectivity index (χ4v) is 2.90. The van der Waals surface area contributed by atoms with Gasteiger partial charge in [0.2, 0.25) is 5.91 Å². The maximum absolute atomic E-state index is 12.0. The molecule has 0 radical (unpaired) electrons. The number of hydrogen-bond acceptors (Lipinski definition) is 2. The fourth-order valence-electron chi connectivity index (χ4n) is 2.06. The standard InChI is InChI=1S/C14H18BrNOS/c1-10(11-3-2-4-12(15)7-11)16-13(17)8-14(9-18)5-6-14/h2-4,7,10,18H,5-6,8-9H2,1H3,(H,16,17). The molecule has 0 heterocycles. The van der Waals surface area contributed by atoms with Crippen LogP contribution in [0.3, 0.4) is 0 Å². The molecule has 0 aliphatic heterocycles. The van der Waals surface area contributed by atoms with E-state index in [1.807, 2.05) is 31.2 Å². The molecule has 1 saturated carbocycles. The van der Waals surface area contributed by atoms with E-state index < -0.39 is 0 Å². The predicted octanol–water partition coefficient (Wildman–Crippen LogP) is 3.73. The normalized spacial score (nSPS) is 18.2. The lowest BCUT2D eigenvalue weighted by molar-refractivity contribution is -0.122. The molecule has 1 aromatic carbocycles. The summed E-state index contributed by atoms with van der Waals surface area (Å²) in [7, 11) is 0. The van der Waals surface area contributed by atoms with Crippen molar-refractivity contribution in [3.8, 4) is 0 Å². The Balaban J connectivity index is 1.91. The molecule has 1 aliphatic rings. The second kappa shape index (κ2) is 5.66. The van der Waals surface area contributed by atoms with Crippen LogP contribution in [0.5, 0.6) is 0 Å². The summed E-state index contributed by atoms with van der Waals surface area (Å²) in [5.41, 5.74) is 1.30. The van der Waals surface area contributed by atoms with Gasteiger partial charge >= 0.3 is 0 Å². The molecule has 1 amide bonds. The molecule has 0 bridgehead atoms. The van der Waals surface area contributed by atoms with Crippen molar-refractivity contribution >= 4 is 34.5 Å². The zero-order chi connectivity index (χ0) is 13.2. The molecule has 98 valence electrons. The number of halogens is 1. The minimum Gasteiger partial charge on any atom is -0.350 e. The van der Waals surface area contributed by atoms with Gasteiger partial charge in [-0.05, 0) is 48.6 Å². The fraction of sp³-hybridized carbons (Fsp3) is 0.500. The maximum Gasteiger partial charge on any atom is 0.221 e. The Morgan fingerprint density at radius 1 is 1.56 bits per heavy atom. The van der Waals surface area contributed by atoms with Gasteiger partial charge in [0, 0.05) is 10.9 Å². The Labute approximate surface area is 122 Å². The van der Waals surface area contributed by atoms with Crippen LogP contribution in [-0.4, -0.2) is 11.7 Å². The minimum atomic E-state index is 0.0470. The smallest absolute Gasteiger partial charge is 0.221 e. The number of nitrogens with one attached hydrogen (secondary N) is 1. The van der Waals surface area contributed by atoms with E-state index in [1.54, 1.807) is 0 Å². The van der Waals surface area contributed by atoms with E-state index in [4.69, 9.17) is 0 Å². The summed E-state index contributed by atoms with van der Waals surface area (Å²) in [6.45, 7) is 2.01. The molecule has 1 N–H and O–H groups in total. The molecule has 2 rings (SSSR count). The summed E-state index contributed by atoms with van der Waals surface area (Å²) in [5, 5.41) is 3.06. The van der Waals surface area contributed by atoms with E-state index in [-0.39, 0.29) is 17.4 Å². The number of benzene rings is 1. The minimum absolute atomic E-state index is 0.0470. The Kier molecular flexibility index (Phi) is 4.38. The summed E-state index contributed by atoms with van der Waals surface area (Å²) in [4.78, 5) is 12.0. The van der Waals surface area contributed by atoms with Gasteiger partial charge in [-0.3, -0.25) is 4.79 Å². The number of thiol groups is 1. The van der Waals surface area contributed by atoms with Crippen LogP contribution in [0.25, 0.3) is 0 Å². The predicted molar refractivity (Wildman–Crippen MR) is 80.8 cm³/mol. The first-order valence-corrected chi connectivity index (χ1v) is 7.63. The number of amides is 1. The molecule has 1 fully saturated rings. The highest BCUT2D eigenvalue weighted by atomic mass is 79.9. The SMILES string of the molecule is CC(NC(=O)CC1(CS)CC1)c1cccc(Br)c1. The number of hydrogen-bond donors (Lipinski definition) is 2. The Hall–Kier alpha value is -0.480. The lowest BCUT2D eigenvalue weighted by Crippen LogP contribution is -2.29. The summed E-state index contributed by atoms with van der Waals surface area (Å²) in [6, 6.07) is 8.08. The lowest BCUT2D eigenvalue weighted by Gasteiger charge is -2.17. The highest BCUT2D eigenvalue weighted by Gasteiger charge is 2.42. The van der Waals surface area contributed by atoms with Gasteiger partial charge < -0.3 is 5.32 Å². The van der Waals surface area contributed by atoms with E-state index in [1.165, 1.54) is 0 Å². The van der Waals surface area contributed by atoms with Crippen molar-refractivity contribution in [2.45, 2.75) is 32.2 Å². The zero-order valence-corrected chi connectivity index (χ0v) is 12.9. The van der Waals surface area contributed by atoms with Gasteiger partial charge in [-0.25, -0.2) is 0 Å². The summed E-state index contributed by atoms with van der Waals surface area (Å²) >= 11 is 7.77. The van der Waals surface area contributed by atoms with Crippen LogP contribution in [0.15, 0.2) is 28.7 Å². The van der Waals surface area contributed by atoms with Gasteiger partial charge in [-0.2, -0.15) is 12.6 Å². The van der Waals surface area contributed by atoms with Crippen molar-refractivity contribution in [1.29, 1.82) is 0 Å². The molecule has 0 spiro atoms. The molecular weight excluding hydrogens is 310 g/mol. The highest BCUT2D eigenvalue weighted by Crippen LogP contribution is 2.49. The van der Waals surface area contributed by atoms with Crippen LogP contribution >= 0.6 is 28.6 Å². The topological polar surface area (TPSA) is 29.1 Å². The van der Waals surface area contributed by atoms with Crippen molar-refractivity contribution in [3.05, 3.63) is 34.3 Å². The second-order valence-electron chi connectivity index (χ2n) is 5.18. The first-order valence-electron chi connectivity index (χ1n) is 6.20. The van der Waals surface area contributed by atoms with Crippen molar-refractivity contribution in [2.24, 2.45) is 5.41 Å². The second-order valence-corrected chi connectivity index (χ2v) is 6.41. The van der Waals surface area contributed by atoms with Gasteiger partial charge in [0.1, 0.15) is 0 Å². The molecule has 4 heteroatoms. The third kappa shape index (κ3) is 3.51. The lowest BCUT2D eigenvalue weighted by atomic mass is 10.0. The largest absolute Gasteiger partial charge is 0.350 e. The molecule has 1 unspecified atom stereocenters. The molecule has 1 aliphatic carbocycles. The molecule has 1 atom stereocenters. The molecule has 0 aromatic heterocycles. The van der Waals surface area contributed by atoms with Crippen molar-refractivity contribution in [2.75, 3.05) is 5.75 Å². The zero-order valence-electron chi connectivity index (χ0n) is 10.4. The molecule has 18 heavy (non-hydrogen) atoms. The monoisotopic (exact) mass is 327 g/mol. The van der Waals surface area contributed by atoms with Gasteiger partial charge in [0.25, 0.3) is 0 Å². The first-order chi connectivity index (χ1) is 8.54. The Morgan fingerprint density at radius 2 is 2.28 bits per heavy atom. The van der Waals surface area contributed by atoms with E-state index in [2.05, 4.69) is 33.9 Å². The highest BCUT2D eigenvalue weighted by molar-refractivity contribution is 9.10.